The van der Waals surface area contributed by atoms with Gasteiger partial charge in [0.05, 0.1) is 7.11 Å². The number of likely N-dealkylation sites (N-methyl/N-ethyl adjacent to an activating group) is 1. The van der Waals surface area contributed by atoms with Gasteiger partial charge in [-0.2, -0.15) is 0 Å². The van der Waals surface area contributed by atoms with Gasteiger partial charge in [0, 0.05) is 19.5 Å². The van der Waals surface area contributed by atoms with Gasteiger partial charge >= 0.3 is 5.97 Å². The second-order valence-electron chi connectivity index (χ2n) is 6.10. The van der Waals surface area contributed by atoms with Crippen LogP contribution in [0.25, 0.3) is 6.08 Å². The van der Waals surface area contributed by atoms with Crippen molar-refractivity contribution >= 4 is 18.0 Å². The van der Waals surface area contributed by atoms with E-state index in [0.717, 1.165) is 0 Å². The third kappa shape index (κ3) is 4.94. The Kier molecular flexibility index (Phi) is 6.49. The fourth-order valence-electron chi connectivity index (χ4n) is 2.52. The molecule has 0 saturated heterocycles. The number of hydrogen-bond acceptors (Lipinski definition) is 7. The Morgan fingerprint density at radius 2 is 1.61 bits per heavy atom. The van der Waals surface area contributed by atoms with E-state index >= 15 is 0 Å². The van der Waals surface area contributed by atoms with E-state index in [1.165, 1.54) is 67.6 Å². The molecule has 28 heavy (non-hydrogen) atoms. The van der Waals surface area contributed by atoms with E-state index in [2.05, 4.69) is 0 Å². The summed E-state index contributed by atoms with van der Waals surface area (Å²) in [5.74, 6) is -2.35. The van der Waals surface area contributed by atoms with Gasteiger partial charge in [-0.15, -0.1) is 0 Å². The standard InChI is InChI=1S/C20H21NO7/c1-21(19(26)8-5-12-3-6-15(22)17(24)10-12)14(20(27)28-2)9-13-4-7-16(23)18(25)11-13/h3-8,10-11,14,22-25H,9H2,1-2H3/b8-5+. The molecule has 0 aromatic heterocycles. The number of ether oxygens (including phenoxy) is 1. The normalized spacial score (nSPS) is 11.9. The molecule has 0 bridgehead atoms. The van der Waals surface area contributed by atoms with Gasteiger partial charge in [0.1, 0.15) is 6.04 Å². The number of aromatic hydroxyl groups is 4. The number of phenols is 4. The molecule has 1 atom stereocenters. The van der Waals surface area contributed by atoms with Crippen LogP contribution in [0.15, 0.2) is 42.5 Å². The minimum Gasteiger partial charge on any atom is -0.504 e. The molecular weight excluding hydrogens is 366 g/mol. The Morgan fingerprint density at radius 3 is 2.18 bits per heavy atom. The van der Waals surface area contributed by atoms with Crippen molar-refractivity contribution in [1.29, 1.82) is 0 Å². The number of carbonyl (C=O) groups excluding carboxylic acids is 2. The van der Waals surface area contributed by atoms with E-state index in [0.29, 0.717) is 11.1 Å². The molecule has 2 aromatic carbocycles. The van der Waals surface area contributed by atoms with Crippen LogP contribution in [0.4, 0.5) is 0 Å². The topological polar surface area (TPSA) is 128 Å². The zero-order chi connectivity index (χ0) is 20.8. The van der Waals surface area contributed by atoms with Gasteiger partial charge in [-0.25, -0.2) is 4.79 Å². The number of esters is 1. The van der Waals surface area contributed by atoms with Crippen LogP contribution in [-0.2, 0) is 20.7 Å². The van der Waals surface area contributed by atoms with Crippen LogP contribution in [-0.4, -0.2) is 57.4 Å². The smallest absolute Gasteiger partial charge is 0.328 e. The summed E-state index contributed by atoms with van der Waals surface area (Å²) >= 11 is 0. The monoisotopic (exact) mass is 387 g/mol. The summed E-state index contributed by atoms with van der Waals surface area (Å²) in [6.07, 6.45) is 2.71. The van der Waals surface area contributed by atoms with Crippen molar-refractivity contribution in [1.82, 2.24) is 4.90 Å². The summed E-state index contributed by atoms with van der Waals surface area (Å²) < 4.78 is 4.77. The lowest BCUT2D eigenvalue weighted by Crippen LogP contribution is -2.43. The Morgan fingerprint density at radius 1 is 1.00 bits per heavy atom. The number of carbonyl (C=O) groups is 2. The van der Waals surface area contributed by atoms with E-state index in [-0.39, 0.29) is 29.4 Å². The molecule has 0 spiro atoms. The quantitative estimate of drug-likeness (QED) is 0.338. The third-order valence-corrected chi connectivity index (χ3v) is 4.18. The summed E-state index contributed by atoms with van der Waals surface area (Å²) in [6, 6.07) is 7.25. The number of amides is 1. The highest BCUT2D eigenvalue weighted by atomic mass is 16.5. The summed E-state index contributed by atoms with van der Waals surface area (Å²) in [4.78, 5) is 25.8. The minimum absolute atomic E-state index is 0.0661. The van der Waals surface area contributed by atoms with Crippen LogP contribution in [0.2, 0.25) is 0 Å². The first-order chi connectivity index (χ1) is 13.2. The van der Waals surface area contributed by atoms with Crippen molar-refractivity contribution in [2.24, 2.45) is 0 Å². The van der Waals surface area contributed by atoms with Crippen LogP contribution in [0.5, 0.6) is 23.0 Å². The number of benzene rings is 2. The fourth-order valence-corrected chi connectivity index (χ4v) is 2.52. The zero-order valence-corrected chi connectivity index (χ0v) is 15.4. The second kappa shape index (κ2) is 8.81. The highest BCUT2D eigenvalue weighted by Gasteiger charge is 2.27. The Bertz CT molecular complexity index is 907. The highest BCUT2D eigenvalue weighted by molar-refractivity contribution is 5.94. The average Bonchev–Trinajstić information content (AvgIpc) is 2.68. The van der Waals surface area contributed by atoms with Crippen LogP contribution < -0.4 is 0 Å². The Balaban J connectivity index is 2.18. The van der Waals surface area contributed by atoms with Crippen molar-refractivity contribution in [2.45, 2.75) is 12.5 Å². The zero-order valence-electron chi connectivity index (χ0n) is 15.4. The van der Waals surface area contributed by atoms with Gasteiger partial charge in [0.15, 0.2) is 23.0 Å². The average molecular weight is 387 g/mol. The summed E-state index contributed by atoms with van der Waals surface area (Å²) in [5.41, 5.74) is 1.01. The first-order valence-corrected chi connectivity index (χ1v) is 8.28. The highest BCUT2D eigenvalue weighted by Crippen LogP contribution is 2.27. The number of methoxy groups -OCH3 is 1. The third-order valence-electron chi connectivity index (χ3n) is 4.18. The van der Waals surface area contributed by atoms with Gasteiger partial charge in [-0.3, -0.25) is 4.79 Å². The minimum atomic E-state index is -0.959. The summed E-state index contributed by atoms with van der Waals surface area (Å²) in [7, 11) is 2.64. The Labute approximate surface area is 161 Å². The van der Waals surface area contributed by atoms with E-state index in [1.807, 2.05) is 0 Å². The fraction of sp³-hybridized carbons (Fsp3) is 0.200. The molecule has 0 radical (unpaired) electrons. The van der Waals surface area contributed by atoms with Crippen molar-refractivity contribution in [3.8, 4) is 23.0 Å². The predicted octanol–water partition coefficient (Wildman–Crippen LogP) is 1.76. The number of hydrogen-bond donors (Lipinski definition) is 4. The Hall–Kier alpha value is -3.68. The van der Waals surface area contributed by atoms with E-state index in [4.69, 9.17) is 4.74 Å². The molecule has 0 aliphatic heterocycles. The molecule has 0 saturated carbocycles. The molecule has 0 heterocycles. The molecule has 148 valence electrons. The molecule has 4 N–H and O–H groups in total. The van der Waals surface area contributed by atoms with Gasteiger partial charge in [-0.05, 0) is 41.5 Å². The lowest BCUT2D eigenvalue weighted by atomic mass is 10.0. The van der Waals surface area contributed by atoms with Crippen LogP contribution in [0.1, 0.15) is 11.1 Å². The predicted molar refractivity (Wildman–Crippen MR) is 101 cm³/mol. The molecule has 2 rings (SSSR count). The lowest BCUT2D eigenvalue weighted by Gasteiger charge is -2.25. The maximum absolute atomic E-state index is 12.5. The van der Waals surface area contributed by atoms with E-state index < -0.39 is 17.9 Å². The second-order valence-corrected chi connectivity index (χ2v) is 6.10. The maximum atomic E-state index is 12.5. The summed E-state index contributed by atoms with van der Waals surface area (Å²) in [5, 5.41) is 37.8. The lowest BCUT2D eigenvalue weighted by molar-refractivity contribution is -0.150. The van der Waals surface area contributed by atoms with Gasteiger partial charge in [0.25, 0.3) is 0 Å². The molecule has 1 amide bonds. The molecule has 1 unspecified atom stereocenters. The largest absolute Gasteiger partial charge is 0.504 e. The first kappa shape index (κ1) is 20.6. The van der Waals surface area contributed by atoms with E-state index in [1.54, 1.807) is 0 Å². The molecule has 8 nitrogen and oxygen atoms in total. The van der Waals surface area contributed by atoms with E-state index in [9.17, 15) is 30.0 Å². The van der Waals surface area contributed by atoms with Gasteiger partial charge < -0.3 is 30.1 Å². The van der Waals surface area contributed by atoms with Crippen molar-refractivity contribution in [2.75, 3.05) is 14.2 Å². The summed E-state index contributed by atoms with van der Waals surface area (Å²) in [6.45, 7) is 0. The first-order valence-electron chi connectivity index (χ1n) is 8.28. The van der Waals surface area contributed by atoms with Gasteiger partial charge in [-0.1, -0.05) is 12.1 Å². The number of rotatable bonds is 6. The van der Waals surface area contributed by atoms with Crippen molar-refractivity contribution in [3.05, 3.63) is 53.6 Å². The van der Waals surface area contributed by atoms with Crippen molar-refractivity contribution in [3.63, 3.8) is 0 Å². The molecule has 0 fully saturated rings. The SMILES string of the molecule is COC(=O)C(Cc1ccc(O)c(O)c1)N(C)C(=O)/C=C/c1ccc(O)c(O)c1. The molecule has 8 heteroatoms. The van der Waals surface area contributed by atoms with Crippen LogP contribution >= 0.6 is 0 Å². The number of nitrogens with zero attached hydrogens (tertiary/aromatic N) is 1. The molecular formula is C20H21NO7. The van der Waals surface area contributed by atoms with Crippen molar-refractivity contribution < 1.29 is 34.8 Å². The van der Waals surface area contributed by atoms with Crippen LogP contribution in [0, 0.1) is 0 Å². The molecule has 0 aliphatic rings. The van der Waals surface area contributed by atoms with Crippen LogP contribution in [0.3, 0.4) is 0 Å². The maximum Gasteiger partial charge on any atom is 0.328 e. The number of phenolic OH excluding ortho intramolecular Hbond substituents is 4. The molecule has 2 aromatic rings. The molecule has 0 aliphatic carbocycles. The van der Waals surface area contributed by atoms with Gasteiger partial charge in [0.2, 0.25) is 5.91 Å².